The second-order valence-electron chi connectivity index (χ2n) is 1.17. The number of ether oxygens (including phenoxy) is 1. The molecule has 4 nitrogen and oxygen atoms in total. The maximum atomic E-state index is 10.1. The predicted molar refractivity (Wildman–Crippen MR) is 26.9 cm³/mol. The monoisotopic (exact) mass is 141 g/mol. The maximum Gasteiger partial charge on any atom is 1.00 e. The van der Waals surface area contributed by atoms with E-state index in [1.807, 2.05) is 0 Å². The van der Waals surface area contributed by atoms with E-state index in [4.69, 9.17) is 5.73 Å². The van der Waals surface area contributed by atoms with Gasteiger partial charge in [-0.25, -0.2) is 0 Å². The summed E-state index contributed by atoms with van der Waals surface area (Å²) >= 11 is 0. The molecule has 5 heteroatoms. The summed E-state index contributed by atoms with van der Waals surface area (Å²) in [6, 6.07) is 0. The van der Waals surface area contributed by atoms with E-state index in [1.54, 1.807) is 0 Å². The Morgan fingerprint density at radius 1 is 1.67 bits per heavy atom. The molecule has 0 saturated carbocycles. The molecule has 0 rings (SSSR count). The van der Waals surface area contributed by atoms with E-state index in [2.05, 4.69) is 4.74 Å². The summed E-state index contributed by atoms with van der Waals surface area (Å²) in [5.74, 6) is -1.32. The van der Waals surface area contributed by atoms with Crippen molar-refractivity contribution in [2.24, 2.45) is 5.73 Å². The van der Waals surface area contributed by atoms with Crippen molar-refractivity contribution in [3.63, 3.8) is 0 Å². The van der Waals surface area contributed by atoms with Gasteiger partial charge >= 0.3 is 41.5 Å². The first kappa shape index (κ1) is 11.8. The Morgan fingerprint density at radius 3 is 2.22 bits per heavy atom. The fourth-order valence-corrected chi connectivity index (χ4v) is 0.202. The van der Waals surface area contributed by atoms with Gasteiger partial charge in [0.05, 0.1) is 6.54 Å². The van der Waals surface area contributed by atoms with Gasteiger partial charge in [0.1, 0.15) is 0 Å². The van der Waals surface area contributed by atoms with Crippen molar-refractivity contribution in [2.45, 2.75) is 6.92 Å². The van der Waals surface area contributed by atoms with Crippen LogP contribution in [-0.4, -0.2) is 18.5 Å². The standard InChI is InChI=1S/C4H7NO3.Na.H/c1-3(6)8-4(7)2-5;;/h2,5H2,1H3;;/q;+1;-1. The largest absolute Gasteiger partial charge is 1.00 e. The molecule has 9 heavy (non-hydrogen) atoms. The molecule has 0 aromatic heterocycles. The molecule has 48 valence electrons. The number of nitrogens with two attached hydrogens (primary N) is 1. The number of carbonyl (C=O) groups is 2. The number of hydrogen-bond acceptors (Lipinski definition) is 4. The van der Waals surface area contributed by atoms with Crippen LogP contribution in [0.3, 0.4) is 0 Å². The zero-order chi connectivity index (χ0) is 6.57. The van der Waals surface area contributed by atoms with Crippen LogP contribution in [0.2, 0.25) is 0 Å². The first-order valence-corrected chi connectivity index (χ1v) is 2.08. The van der Waals surface area contributed by atoms with Crippen LogP contribution >= 0.6 is 0 Å². The molecular weight excluding hydrogens is 133 g/mol. The van der Waals surface area contributed by atoms with Crippen molar-refractivity contribution >= 4 is 11.9 Å². The van der Waals surface area contributed by atoms with Crippen LogP contribution in [0.1, 0.15) is 8.35 Å². The second kappa shape index (κ2) is 6.22. The summed E-state index contributed by atoms with van der Waals surface area (Å²) in [6.45, 7) is 0.896. The Morgan fingerprint density at radius 2 is 2.11 bits per heavy atom. The Kier molecular flexibility index (Phi) is 8.19. The third-order valence-electron chi connectivity index (χ3n) is 0.424. The first-order valence-electron chi connectivity index (χ1n) is 2.08. The molecule has 0 saturated heterocycles. The molecular formula is C4H8NNaO3. The van der Waals surface area contributed by atoms with Crippen molar-refractivity contribution < 1.29 is 45.3 Å². The minimum atomic E-state index is -0.697. The van der Waals surface area contributed by atoms with Crippen LogP contribution in [-0.2, 0) is 14.3 Å². The van der Waals surface area contributed by atoms with E-state index >= 15 is 0 Å². The van der Waals surface area contributed by atoms with Crippen molar-refractivity contribution in [3.8, 4) is 0 Å². The number of rotatable bonds is 1. The molecule has 0 aliphatic carbocycles. The van der Waals surface area contributed by atoms with E-state index in [-0.39, 0.29) is 37.5 Å². The van der Waals surface area contributed by atoms with Crippen molar-refractivity contribution in [2.75, 3.05) is 6.54 Å². The van der Waals surface area contributed by atoms with Crippen LogP contribution in [0.15, 0.2) is 0 Å². The smallest absolute Gasteiger partial charge is 1.00 e. The topological polar surface area (TPSA) is 69.4 Å². The van der Waals surface area contributed by atoms with E-state index < -0.39 is 11.9 Å². The van der Waals surface area contributed by atoms with Crippen LogP contribution in [0.25, 0.3) is 0 Å². The molecule has 0 bridgehead atoms. The van der Waals surface area contributed by atoms with Crippen LogP contribution in [0.5, 0.6) is 0 Å². The van der Waals surface area contributed by atoms with Crippen LogP contribution < -0.4 is 35.3 Å². The molecule has 0 unspecified atom stereocenters. The number of carbonyl (C=O) groups excluding carboxylic acids is 2. The molecule has 0 heterocycles. The third kappa shape index (κ3) is 8.10. The van der Waals surface area contributed by atoms with Gasteiger partial charge in [-0.1, -0.05) is 0 Å². The number of hydrogen-bond donors (Lipinski definition) is 1. The summed E-state index contributed by atoms with van der Waals surface area (Å²) in [5.41, 5.74) is 4.79. The van der Waals surface area contributed by atoms with Gasteiger partial charge in [0.25, 0.3) is 0 Å². The normalized spacial score (nSPS) is 7.33. The second-order valence-corrected chi connectivity index (χ2v) is 1.17. The van der Waals surface area contributed by atoms with Gasteiger partial charge in [-0.05, 0) is 0 Å². The Labute approximate surface area is 76.5 Å². The van der Waals surface area contributed by atoms with Crippen LogP contribution in [0, 0.1) is 0 Å². The maximum absolute atomic E-state index is 10.1. The quantitative estimate of drug-likeness (QED) is 0.230. The summed E-state index contributed by atoms with van der Waals surface area (Å²) in [7, 11) is 0. The van der Waals surface area contributed by atoms with Crippen molar-refractivity contribution in [1.29, 1.82) is 0 Å². The zero-order valence-electron chi connectivity index (χ0n) is 6.51. The van der Waals surface area contributed by atoms with Gasteiger partial charge < -0.3 is 11.9 Å². The molecule has 0 atom stereocenters. The fraction of sp³-hybridized carbons (Fsp3) is 0.500. The third-order valence-corrected chi connectivity index (χ3v) is 0.424. The molecule has 2 N–H and O–H groups in total. The average molecular weight is 141 g/mol. The summed E-state index contributed by atoms with van der Waals surface area (Å²) < 4.78 is 4.00. The van der Waals surface area contributed by atoms with E-state index in [9.17, 15) is 9.59 Å². The van der Waals surface area contributed by atoms with Gasteiger partial charge in [0.15, 0.2) is 0 Å². The Bertz CT molecular complexity index is 119. The summed E-state index contributed by atoms with van der Waals surface area (Å²) in [6.07, 6.45) is 0. The molecule has 0 aliphatic rings. The summed E-state index contributed by atoms with van der Waals surface area (Å²) in [4.78, 5) is 20.0. The zero-order valence-corrected chi connectivity index (χ0v) is 7.51. The van der Waals surface area contributed by atoms with E-state index in [1.165, 1.54) is 0 Å². The average Bonchev–Trinajstić information content (AvgIpc) is 1.65. The van der Waals surface area contributed by atoms with Gasteiger partial charge in [-0.2, -0.15) is 0 Å². The molecule has 0 spiro atoms. The Hall–Kier alpha value is 0.1000. The van der Waals surface area contributed by atoms with Gasteiger partial charge in [0.2, 0.25) is 0 Å². The molecule has 0 radical (unpaired) electrons. The van der Waals surface area contributed by atoms with Gasteiger partial charge in [0, 0.05) is 6.92 Å². The fourth-order valence-electron chi connectivity index (χ4n) is 0.202. The van der Waals surface area contributed by atoms with E-state index in [0.717, 1.165) is 6.92 Å². The minimum absolute atomic E-state index is 0. The van der Waals surface area contributed by atoms with E-state index in [0.29, 0.717) is 0 Å². The van der Waals surface area contributed by atoms with Gasteiger partial charge in [-0.3, -0.25) is 9.59 Å². The van der Waals surface area contributed by atoms with Crippen LogP contribution in [0.4, 0.5) is 0 Å². The Balaban J connectivity index is -0.000000245. The SMILES string of the molecule is CC(=O)OC(=O)CN.[H-].[Na+]. The molecule has 0 aliphatic heterocycles. The molecule has 0 aromatic rings. The number of esters is 2. The molecule has 0 fully saturated rings. The predicted octanol–water partition coefficient (Wildman–Crippen LogP) is -3.85. The van der Waals surface area contributed by atoms with Crippen molar-refractivity contribution in [1.82, 2.24) is 0 Å². The molecule has 0 amide bonds. The summed E-state index contributed by atoms with van der Waals surface area (Å²) in [5, 5.41) is 0. The first-order chi connectivity index (χ1) is 3.66. The van der Waals surface area contributed by atoms with Gasteiger partial charge in [-0.15, -0.1) is 0 Å². The molecule has 0 aromatic carbocycles. The van der Waals surface area contributed by atoms with Crippen molar-refractivity contribution in [3.05, 3.63) is 0 Å². The minimum Gasteiger partial charge on any atom is -1.00 e.